The molecule has 0 saturated carbocycles. The van der Waals surface area contributed by atoms with E-state index in [1.54, 1.807) is 4.68 Å². The van der Waals surface area contributed by atoms with E-state index in [9.17, 15) is 4.79 Å². The van der Waals surface area contributed by atoms with Crippen molar-refractivity contribution in [1.82, 2.24) is 9.36 Å². The molecule has 0 aromatic carbocycles. The molecule has 0 aliphatic carbocycles. The molecule has 1 aromatic rings. The summed E-state index contributed by atoms with van der Waals surface area (Å²) in [5.41, 5.74) is 7.03. The Hall–Kier alpha value is -1.19. The first-order valence-electron chi connectivity index (χ1n) is 5.17. The van der Waals surface area contributed by atoms with Gasteiger partial charge in [0, 0.05) is 13.6 Å². The lowest BCUT2D eigenvalue weighted by atomic mass is 10.3. The van der Waals surface area contributed by atoms with Gasteiger partial charge in [0.15, 0.2) is 0 Å². The van der Waals surface area contributed by atoms with Crippen LogP contribution < -0.4 is 11.3 Å². The number of nitrogens with zero attached hydrogens (tertiary/aromatic N) is 2. The van der Waals surface area contributed by atoms with Gasteiger partial charge in [0.2, 0.25) is 0 Å². The van der Waals surface area contributed by atoms with Gasteiger partial charge in [0.25, 0.3) is 5.56 Å². The van der Waals surface area contributed by atoms with Crippen LogP contribution in [0.4, 0.5) is 5.69 Å². The molecule has 80 valence electrons. The van der Waals surface area contributed by atoms with Crippen molar-refractivity contribution in [2.45, 2.75) is 39.7 Å². The van der Waals surface area contributed by atoms with Crippen molar-refractivity contribution in [3.05, 3.63) is 16.0 Å². The van der Waals surface area contributed by atoms with E-state index in [4.69, 9.17) is 5.73 Å². The second kappa shape index (κ2) is 4.35. The number of hydrogen-bond acceptors (Lipinski definition) is 2. The SMILES string of the molecule is CCCCn1c(=O)c(N)c(CC)n1C. The standard InChI is InChI=1S/C10H19N3O/c1-4-6-7-13-10(14)9(11)8(5-2)12(13)3/h4-7,11H2,1-3H3. The lowest BCUT2D eigenvalue weighted by Gasteiger charge is -2.07. The molecular weight excluding hydrogens is 178 g/mol. The molecule has 1 aromatic heterocycles. The third kappa shape index (κ3) is 1.69. The van der Waals surface area contributed by atoms with Gasteiger partial charge >= 0.3 is 0 Å². The summed E-state index contributed by atoms with van der Waals surface area (Å²) in [6.45, 7) is 4.88. The predicted molar refractivity (Wildman–Crippen MR) is 58.4 cm³/mol. The molecule has 0 unspecified atom stereocenters. The molecule has 0 aliphatic rings. The van der Waals surface area contributed by atoms with Crippen LogP contribution in [0.3, 0.4) is 0 Å². The normalized spacial score (nSPS) is 10.8. The van der Waals surface area contributed by atoms with E-state index in [0.717, 1.165) is 31.5 Å². The van der Waals surface area contributed by atoms with Gasteiger partial charge < -0.3 is 5.73 Å². The van der Waals surface area contributed by atoms with Gasteiger partial charge in [-0.05, 0) is 12.8 Å². The van der Waals surface area contributed by atoms with E-state index in [-0.39, 0.29) is 5.56 Å². The fourth-order valence-corrected chi connectivity index (χ4v) is 1.70. The Bertz CT molecular complexity index is 362. The topological polar surface area (TPSA) is 52.9 Å². The number of rotatable bonds is 4. The molecule has 0 bridgehead atoms. The highest BCUT2D eigenvalue weighted by molar-refractivity contribution is 5.41. The van der Waals surface area contributed by atoms with Crippen molar-refractivity contribution in [2.24, 2.45) is 7.05 Å². The predicted octanol–water partition coefficient (Wildman–Crippen LogP) is 1.13. The van der Waals surface area contributed by atoms with Crippen molar-refractivity contribution >= 4 is 5.69 Å². The summed E-state index contributed by atoms with van der Waals surface area (Å²) in [4.78, 5) is 11.7. The van der Waals surface area contributed by atoms with Gasteiger partial charge in [-0.15, -0.1) is 0 Å². The van der Waals surface area contributed by atoms with E-state index in [0.29, 0.717) is 5.69 Å². The maximum absolute atomic E-state index is 11.7. The Labute approximate surface area is 84.3 Å². The first kappa shape index (κ1) is 10.9. The molecule has 0 amide bonds. The summed E-state index contributed by atoms with van der Waals surface area (Å²) in [6.07, 6.45) is 2.90. The van der Waals surface area contributed by atoms with Crippen LogP contribution in [0.25, 0.3) is 0 Å². The lowest BCUT2D eigenvalue weighted by Crippen LogP contribution is -2.22. The van der Waals surface area contributed by atoms with Gasteiger partial charge in [-0.2, -0.15) is 0 Å². The molecule has 0 radical (unpaired) electrons. The van der Waals surface area contributed by atoms with E-state index in [2.05, 4.69) is 6.92 Å². The quantitative estimate of drug-likeness (QED) is 0.786. The number of aromatic nitrogens is 2. The van der Waals surface area contributed by atoms with Crippen LogP contribution in [-0.4, -0.2) is 9.36 Å². The Balaban J connectivity index is 3.10. The summed E-state index contributed by atoms with van der Waals surface area (Å²) >= 11 is 0. The minimum Gasteiger partial charge on any atom is -0.393 e. The third-order valence-electron chi connectivity index (χ3n) is 2.59. The monoisotopic (exact) mass is 197 g/mol. The number of hydrogen-bond donors (Lipinski definition) is 1. The zero-order valence-electron chi connectivity index (χ0n) is 9.21. The number of nitrogens with two attached hydrogens (primary N) is 1. The number of nitrogen functional groups attached to an aromatic ring is 1. The Morgan fingerprint density at radius 3 is 2.43 bits per heavy atom. The maximum atomic E-state index is 11.7. The second-order valence-corrected chi connectivity index (χ2v) is 3.52. The van der Waals surface area contributed by atoms with Crippen molar-refractivity contribution in [3.63, 3.8) is 0 Å². The molecule has 0 atom stereocenters. The molecule has 4 nitrogen and oxygen atoms in total. The van der Waals surface area contributed by atoms with Crippen LogP contribution in [0.1, 0.15) is 32.4 Å². The highest BCUT2D eigenvalue weighted by atomic mass is 16.1. The minimum atomic E-state index is -0.0437. The van der Waals surface area contributed by atoms with E-state index >= 15 is 0 Å². The van der Waals surface area contributed by atoms with Crippen LogP contribution in [0.5, 0.6) is 0 Å². The summed E-state index contributed by atoms with van der Waals surface area (Å²) < 4.78 is 3.60. The zero-order chi connectivity index (χ0) is 10.7. The zero-order valence-corrected chi connectivity index (χ0v) is 9.21. The molecule has 0 spiro atoms. The van der Waals surface area contributed by atoms with Gasteiger partial charge in [0.05, 0.1) is 5.69 Å². The number of anilines is 1. The maximum Gasteiger partial charge on any atom is 0.290 e. The van der Waals surface area contributed by atoms with Gasteiger partial charge in [-0.3, -0.25) is 9.48 Å². The van der Waals surface area contributed by atoms with Crippen LogP contribution in [-0.2, 0) is 20.0 Å². The summed E-state index contributed by atoms with van der Waals surface area (Å²) in [6, 6.07) is 0. The molecule has 0 aliphatic heterocycles. The fraction of sp³-hybridized carbons (Fsp3) is 0.700. The van der Waals surface area contributed by atoms with Crippen molar-refractivity contribution in [1.29, 1.82) is 0 Å². The molecule has 1 rings (SSSR count). The summed E-state index contributed by atoms with van der Waals surface area (Å²) in [5, 5.41) is 0. The average molecular weight is 197 g/mol. The minimum absolute atomic E-state index is 0.0437. The van der Waals surface area contributed by atoms with E-state index in [1.807, 2.05) is 18.7 Å². The van der Waals surface area contributed by atoms with Crippen molar-refractivity contribution in [3.8, 4) is 0 Å². The molecule has 1 heterocycles. The lowest BCUT2D eigenvalue weighted by molar-refractivity contribution is 0.465. The van der Waals surface area contributed by atoms with Crippen molar-refractivity contribution in [2.75, 3.05) is 5.73 Å². The Morgan fingerprint density at radius 1 is 1.36 bits per heavy atom. The van der Waals surface area contributed by atoms with E-state index in [1.165, 1.54) is 0 Å². The summed E-state index contributed by atoms with van der Waals surface area (Å²) in [7, 11) is 1.90. The van der Waals surface area contributed by atoms with Gasteiger partial charge in [-0.1, -0.05) is 20.3 Å². The first-order valence-corrected chi connectivity index (χ1v) is 5.17. The fourth-order valence-electron chi connectivity index (χ4n) is 1.70. The van der Waals surface area contributed by atoms with Crippen molar-refractivity contribution < 1.29 is 0 Å². The molecule has 14 heavy (non-hydrogen) atoms. The smallest absolute Gasteiger partial charge is 0.290 e. The highest BCUT2D eigenvalue weighted by Gasteiger charge is 2.12. The van der Waals surface area contributed by atoms with Gasteiger partial charge in [0.1, 0.15) is 5.69 Å². The highest BCUT2D eigenvalue weighted by Crippen LogP contribution is 2.07. The van der Waals surface area contributed by atoms with Crippen LogP contribution in [0, 0.1) is 0 Å². The number of unbranched alkanes of at least 4 members (excludes halogenated alkanes) is 1. The summed E-state index contributed by atoms with van der Waals surface area (Å²) in [5.74, 6) is 0. The average Bonchev–Trinajstić information content (AvgIpc) is 2.37. The third-order valence-corrected chi connectivity index (χ3v) is 2.59. The molecule has 4 heteroatoms. The second-order valence-electron chi connectivity index (χ2n) is 3.52. The Kier molecular flexibility index (Phi) is 3.38. The first-order chi connectivity index (χ1) is 6.63. The van der Waals surface area contributed by atoms with Gasteiger partial charge in [-0.25, -0.2) is 4.68 Å². The largest absolute Gasteiger partial charge is 0.393 e. The van der Waals surface area contributed by atoms with E-state index < -0.39 is 0 Å². The molecule has 2 N–H and O–H groups in total. The molecule has 0 saturated heterocycles. The molecule has 0 fully saturated rings. The van der Waals surface area contributed by atoms with Crippen LogP contribution >= 0.6 is 0 Å². The van der Waals surface area contributed by atoms with Crippen LogP contribution in [0.2, 0.25) is 0 Å². The Morgan fingerprint density at radius 2 is 2.00 bits per heavy atom. The van der Waals surface area contributed by atoms with Crippen LogP contribution in [0.15, 0.2) is 4.79 Å². The molecular formula is C10H19N3O.